The zero-order valence-electron chi connectivity index (χ0n) is 14.2. The lowest BCUT2D eigenvalue weighted by Crippen LogP contribution is -2.20. The van der Waals surface area contributed by atoms with Crippen LogP contribution in [0.1, 0.15) is 42.0 Å². The highest BCUT2D eigenvalue weighted by molar-refractivity contribution is 6.32. The molecule has 5 nitrogen and oxygen atoms in total. The van der Waals surface area contributed by atoms with E-state index in [1.54, 1.807) is 0 Å². The van der Waals surface area contributed by atoms with Crippen LogP contribution < -0.4 is 14.8 Å². The number of aromatic nitrogens is 2. The van der Waals surface area contributed by atoms with Crippen molar-refractivity contribution in [2.75, 3.05) is 13.2 Å². The van der Waals surface area contributed by atoms with E-state index in [0.717, 1.165) is 34.8 Å². The molecule has 0 spiro atoms. The van der Waals surface area contributed by atoms with Crippen molar-refractivity contribution in [3.05, 3.63) is 46.0 Å². The van der Waals surface area contributed by atoms with E-state index in [0.29, 0.717) is 30.5 Å². The molecule has 1 aliphatic rings. The second-order valence-corrected chi connectivity index (χ2v) is 6.42. The Hall–Kier alpha value is -1.85. The molecule has 6 heteroatoms. The molecule has 3 rings (SSSR count). The Morgan fingerprint density at radius 3 is 2.83 bits per heavy atom. The molecule has 1 aromatic carbocycles. The van der Waals surface area contributed by atoms with Crippen LogP contribution in [-0.2, 0) is 6.54 Å². The number of halogens is 1. The van der Waals surface area contributed by atoms with E-state index >= 15 is 0 Å². The number of ether oxygens (including phenoxy) is 2. The summed E-state index contributed by atoms with van der Waals surface area (Å²) in [5.41, 5.74) is 3.15. The van der Waals surface area contributed by atoms with Gasteiger partial charge in [0.25, 0.3) is 0 Å². The van der Waals surface area contributed by atoms with Crippen LogP contribution in [-0.4, -0.2) is 23.2 Å². The minimum atomic E-state index is 0.139. The maximum atomic E-state index is 6.34. The quantitative estimate of drug-likeness (QED) is 0.912. The summed E-state index contributed by atoms with van der Waals surface area (Å²) in [5, 5.41) is 4.08. The average Bonchev–Trinajstić information content (AvgIpc) is 2.78. The van der Waals surface area contributed by atoms with E-state index in [-0.39, 0.29) is 6.04 Å². The first-order chi connectivity index (χ1) is 11.5. The normalized spacial score (nSPS) is 15.0. The number of hydrogen-bond acceptors (Lipinski definition) is 5. The molecule has 1 atom stereocenters. The van der Waals surface area contributed by atoms with Crippen LogP contribution in [0, 0.1) is 13.8 Å². The number of aryl methyl sites for hydroxylation is 2. The van der Waals surface area contributed by atoms with Gasteiger partial charge in [-0.15, -0.1) is 0 Å². The van der Waals surface area contributed by atoms with Gasteiger partial charge in [0.05, 0.1) is 18.2 Å². The number of benzene rings is 1. The Balaban J connectivity index is 1.72. The van der Waals surface area contributed by atoms with Crippen molar-refractivity contribution in [3.63, 3.8) is 0 Å². The van der Waals surface area contributed by atoms with E-state index < -0.39 is 0 Å². The molecule has 0 bridgehead atoms. The first kappa shape index (κ1) is 17.0. The van der Waals surface area contributed by atoms with Gasteiger partial charge in [0.2, 0.25) is 0 Å². The van der Waals surface area contributed by atoms with Gasteiger partial charge in [0.15, 0.2) is 11.5 Å². The molecule has 0 fully saturated rings. The molecule has 0 saturated heterocycles. The number of fused-ring (bicyclic) bond motifs is 1. The first-order valence-corrected chi connectivity index (χ1v) is 8.54. The number of nitrogens with one attached hydrogen (secondary N) is 1. The van der Waals surface area contributed by atoms with Crippen molar-refractivity contribution in [1.29, 1.82) is 0 Å². The van der Waals surface area contributed by atoms with Gasteiger partial charge in [-0.05, 0) is 38.5 Å². The van der Waals surface area contributed by atoms with Crippen LogP contribution in [0.4, 0.5) is 0 Å². The predicted molar refractivity (Wildman–Crippen MR) is 93.8 cm³/mol. The maximum Gasteiger partial charge on any atom is 0.179 e. The topological polar surface area (TPSA) is 56.3 Å². The van der Waals surface area contributed by atoms with Gasteiger partial charge in [-0.25, -0.2) is 9.97 Å². The molecule has 0 amide bonds. The minimum Gasteiger partial charge on any atom is -0.489 e. The summed E-state index contributed by atoms with van der Waals surface area (Å²) in [6.07, 6.45) is 2.75. The monoisotopic (exact) mass is 347 g/mol. The third-order valence-corrected chi connectivity index (χ3v) is 4.36. The third-order valence-electron chi connectivity index (χ3n) is 4.08. The Kier molecular flexibility index (Phi) is 5.21. The van der Waals surface area contributed by atoms with Gasteiger partial charge in [-0.3, -0.25) is 0 Å². The van der Waals surface area contributed by atoms with E-state index in [1.807, 2.05) is 32.2 Å². The third kappa shape index (κ3) is 3.79. The Morgan fingerprint density at radius 1 is 1.25 bits per heavy atom. The predicted octanol–water partition coefficient (Wildman–Crippen LogP) is 3.76. The second kappa shape index (κ2) is 7.36. The van der Waals surface area contributed by atoms with Gasteiger partial charge in [0.1, 0.15) is 5.82 Å². The van der Waals surface area contributed by atoms with Crippen molar-refractivity contribution in [2.45, 2.75) is 39.8 Å². The Labute approximate surface area is 147 Å². The maximum absolute atomic E-state index is 6.34. The highest BCUT2D eigenvalue weighted by Crippen LogP contribution is 2.38. The van der Waals surface area contributed by atoms with Gasteiger partial charge >= 0.3 is 0 Å². The van der Waals surface area contributed by atoms with E-state index in [2.05, 4.69) is 22.2 Å². The number of hydrogen-bond donors (Lipinski definition) is 1. The lowest BCUT2D eigenvalue weighted by atomic mass is 10.1. The molecule has 0 aliphatic carbocycles. The second-order valence-electron chi connectivity index (χ2n) is 6.02. The fourth-order valence-electron chi connectivity index (χ4n) is 2.78. The summed E-state index contributed by atoms with van der Waals surface area (Å²) >= 11 is 6.34. The molecule has 0 unspecified atom stereocenters. The molecule has 1 aliphatic heterocycles. The van der Waals surface area contributed by atoms with Crippen molar-refractivity contribution < 1.29 is 9.47 Å². The molecule has 0 radical (unpaired) electrons. The first-order valence-electron chi connectivity index (χ1n) is 8.16. The SMILES string of the molecule is Cc1ncc([C@H](C)NCc2cc(Cl)c3c(c2)OCCCO3)c(C)n1. The largest absolute Gasteiger partial charge is 0.489 e. The number of nitrogens with zero attached hydrogens (tertiary/aromatic N) is 2. The van der Waals surface area contributed by atoms with Crippen LogP contribution in [0.2, 0.25) is 5.02 Å². The zero-order valence-corrected chi connectivity index (χ0v) is 15.0. The van der Waals surface area contributed by atoms with Crippen molar-refractivity contribution >= 4 is 11.6 Å². The van der Waals surface area contributed by atoms with Crippen LogP contribution in [0.15, 0.2) is 18.3 Å². The summed E-state index contributed by atoms with van der Waals surface area (Å²) in [7, 11) is 0. The van der Waals surface area contributed by atoms with Gasteiger partial charge in [0, 0.05) is 36.5 Å². The molecule has 2 aromatic rings. The van der Waals surface area contributed by atoms with Gasteiger partial charge in [-0.2, -0.15) is 0 Å². The molecule has 24 heavy (non-hydrogen) atoms. The lowest BCUT2D eigenvalue weighted by molar-refractivity contribution is 0.297. The van der Waals surface area contributed by atoms with E-state index in [1.165, 1.54) is 0 Å². The molecular weight excluding hydrogens is 326 g/mol. The Bertz CT molecular complexity index is 736. The van der Waals surface area contributed by atoms with Crippen LogP contribution in [0.3, 0.4) is 0 Å². The molecule has 1 aromatic heterocycles. The summed E-state index contributed by atoms with van der Waals surface area (Å²) in [5.74, 6) is 2.16. The van der Waals surface area contributed by atoms with Crippen LogP contribution in [0.5, 0.6) is 11.5 Å². The molecule has 128 valence electrons. The molecule has 2 heterocycles. The van der Waals surface area contributed by atoms with Crippen molar-refractivity contribution in [3.8, 4) is 11.5 Å². The highest BCUT2D eigenvalue weighted by Gasteiger charge is 2.16. The average molecular weight is 348 g/mol. The van der Waals surface area contributed by atoms with Crippen LogP contribution in [0.25, 0.3) is 0 Å². The summed E-state index contributed by atoms with van der Waals surface area (Å²) < 4.78 is 11.4. The van der Waals surface area contributed by atoms with Gasteiger partial charge in [-0.1, -0.05) is 11.6 Å². The van der Waals surface area contributed by atoms with Crippen LogP contribution >= 0.6 is 11.6 Å². The minimum absolute atomic E-state index is 0.139. The fraction of sp³-hybridized carbons (Fsp3) is 0.444. The van der Waals surface area contributed by atoms with Gasteiger partial charge < -0.3 is 14.8 Å². The summed E-state index contributed by atoms with van der Waals surface area (Å²) in [4.78, 5) is 8.71. The summed E-state index contributed by atoms with van der Waals surface area (Å²) in [6, 6.07) is 4.05. The van der Waals surface area contributed by atoms with E-state index in [4.69, 9.17) is 21.1 Å². The molecule has 0 saturated carbocycles. The Morgan fingerprint density at radius 2 is 2.04 bits per heavy atom. The number of rotatable bonds is 4. The van der Waals surface area contributed by atoms with Crippen molar-refractivity contribution in [1.82, 2.24) is 15.3 Å². The fourth-order valence-corrected chi connectivity index (χ4v) is 3.07. The smallest absolute Gasteiger partial charge is 0.179 e. The summed E-state index contributed by atoms with van der Waals surface area (Å²) in [6.45, 7) is 7.96. The standard InChI is InChI=1S/C18H22ClN3O2/c1-11(15-10-21-13(3)22-12(15)2)20-9-14-7-16(19)18-17(8-14)23-5-4-6-24-18/h7-8,10-11,20H,4-6,9H2,1-3H3/t11-/m0/s1. The van der Waals surface area contributed by atoms with Crippen molar-refractivity contribution in [2.24, 2.45) is 0 Å². The zero-order chi connectivity index (χ0) is 17.1. The molecular formula is C18H22ClN3O2. The lowest BCUT2D eigenvalue weighted by Gasteiger charge is -2.17. The highest BCUT2D eigenvalue weighted by atomic mass is 35.5. The molecule has 1 N–H and O–H groups in total. The van der Waals surface area contributed by atoms with E-state index in [9.17, 15) is 0 Å².